The molecule has 2 N–H and O–H groups in total. The maximum absolute atomic E-state index is 10.9. The highest BCUT2D eigenvalue weighted by molar-refractivity contribution is 5.94. The van der Waals surface area contributed by atoms with Gasteiger partial charge in [0.05, 0.1) is 18.1 Å². The number of nitrogens with zero attached hydrogens (tertiary/aromatic N) is 4. The molecular formula is C23H25N5O3. The van der Waals surface area contributed by atoms with Crippen molar-refractivity contribution in [3.63, 3.8) is 0 Å². The van der Waals surface area contributed by atoms with E-state index in [2.05, 4.69) is 39.3 Å². The summed E-state index contributed by atoms with van der Waals surface area (Å²) in [5.41, 5.74) is 2.97. The Kier molecular flexibility index (Phi) is 4.95. The number of hydrogen-bond acceptors (Lipinski definition) is 8. The van der Waals surface area contributed by atoms with E-state index in [1.807, 2.05) is 24.3 Å². The normalized spacial score (nSPS) is 22.4. The molecule has 160 valence electrons. The van der Waals surface area contributed by atoms with Gasteiger partial charge in [0.1, 0.15) is 17.0 Å². The first kappa shape index (κ1) is 19.7. The van der Waals surface area contributed by atoms with Gasteiger partial charge in [-0.2, -0.15) is 0 Å². The number of aromatic nitrogens is 1. The molecule has 0 spiro atoms. The van der Waals surface area contributed by atoms with E-state index < -0.39 is 0 Å². The fraction of sp³-hybridized carbons (Fsp3) is 0.348. The lowest BCUT2D eigenvalue weighted by molar-refractivity contribution is 0.165. The van der Waals surface area contributed by atoms with Gasteiger partial charge in [0.25, 0.3) is 0 Å². The highest BCUT2D eigenvalue weighted by atomic mass is 16.5. The molecule has 2 aromatic heterocycles. The third kappa shape index (κ3) is 3.58. The van der Waals surface area contributed by atoms with Gasteiger partial charge in [-0.25, -0.2) is 4.98 Å². The largest absolute Gasteiger partial charge is 0.504 e. The van der Waals surface area contributed by atoms with Crippen molar-refractivity contribution < 1.29 is 14.3 Å². The van der Waals surface area contributed by atoms with Crippen molar-refractivity contribution in [2.24, 2.45) is 10.2 Å². The monoisotopic (exact) mass is 419 g/mol. The molecule has 0 unspecified atom stereocenters. The van der Waals surface area contributed by atoms with E-state index in [1.165, 1.54) is 0 Å². The quantitative estimate of drug-likeness (QED) is 0.654. The summed E-state index contributed by atoms with van der Waals surface area (Å²) in [5.74, 6) is 1.74. The van der Waals surface area contributed by atoms with E-state index in [1.54, 1.807) is 19.4 Å². The lowest BCUT2D eigenvalue weighted by atomic mass is 10.1. The summed E-state index contributed by atoms with van der Waals surface area (Å²) in [7, 11) is 1.65. The molecule has 4 heterocycles. The zero-order chi connectivity index (χ0) is 21.5. The van der Waals surface area contributed by atoms with Crippen LogP contribution in [0.1, 0.15) is 30.7 Å². The van der Waals surface area contributed by atoms with Crippen molar-refractivity contribution in [2.75, 3.05) is 20.2 Å². The molecule has 0 radical (unpaired) electrons. The first-order valence-corrected chi connectivity index (χ1v) is 10.4. The van der Waals surface area contributed by atoms with Crippen LogP contribution >= 0.6 is 0 Å². The van der Waals surface area contributed by atoms with Crippen LogP contribution in [0.5, 0.6) is 11.5 Å². The summed E-state index contributed by atoms with van der Waals surface area (Å²) >= 11 is 0. The average Bonchev–Trinajstić information content (AvgIpc) is 3.30. The third-order valence-electron chi connectivity index (χ3n) is 5.74. The maximum atomic E-state index is 10.9. The zero-order valence-electron chi connectivity index (χ0n) is 17.8. The van der Waals surface area contributed by atoms with Crippen molar-refractivity contribution >= 4 is 28.6 Å². The molecule has 0 bridgehead atoms. The van der Waals surface area contributed by atoms with Crippen molar-refractivity contribution in [1.82, 2.24) is 15.2 Å². The van der Waals surface area contributed by atoms with E-state index in [0.717, 1.165) is 30.0 Å². The van der Waals surface area contributed by atoms with Crippen molar-refractivity contribution in [1.29, 1.82) is 0 Å². The van der Waals surface area contributed by atoms with Gasteiger partial charge in [0, 0.05) is 49.6 Å². The second-order valence-electron chi connectivity index (χ2n) is 8.20. The highest BCUT2D eigenvalue weighted by Crippen LogP contribution is 2.41. The van der Waals surface area contributed by atoms with Crippen LogP contribution in [0.3, 0.4) is 0 Å². The van der Waals surface area contributed by atoms with Crippen LogP contribution in [0.25, 0.3) is 22.7 Å². The van der Waals surface area contributed by atoms with Gasteiger partial charge in [-0.3, -0.25) is 4.90 Å². The molecule has 1 fully saturated rings. The molecule has 8 nitrogen and oxygen atoms in total. The van der Waals surface area contributed by atoms with Crippen LogP contribution in [-0.2, 0) is 6.54 Å². The number of aromatic hydroxyl groups is 1. The molecule has 1 aromatic carbocycles. The minimum Gasteiger partial charge on any atom is -0.504 e. The zero-order valence-corrected chi connectivity index (χ0v) is 17.8. The van der Waals surface area contributed by atoms with Crippen molar-refractivity contribution in [3.8, 4) is 11.5 Å². The Balaban J connectivity index is 1.56. The van der Waals surface area contributed by atoms with Gasteiger partial charge in [-0.15, -0.1) is 10.2 Å². The topological polar surface area (TPSA) is 95.5 Å². The van der Waals surface area contributed by atoms with Gasteiger partial charge < -0.3 is 19.6 Å². The molecule has 3 aromatic rings. The molecule has 8 heteroatoms. The SMILES string of the molecule is COc1ccc2c(O)c(C=C3N=Nc4ncccc43)oc2c1CN1C[C@@H](C)N[C@@H](C)C1. The number of azo groups is 1. The number of nitrogens with one attached hydrogen (secondary N) is 1. The van der Waals surface area contributed by atoms with E-state index in [9.17, 15) is 5.11 Å². The molecule has 0 amide bonds. The van der Waals surface area contributed by atoms with Crippen LogP contribution in [0.15, 0.2) is 45.1 Å². The summed E-state index contributed by atoms with van der Waals surface area (Å²) < 4.78 is 11.8. The predicted octanol–water partition coefficient (Wildman–Crippen LogP) is 4.32. The summed E-state index contributed by atoms with van der Waals surface area (Å²) in [5, 5.41) is 23.4. The lowest BCUT2D eigenvalue weighted by Gasteiger charge is -2.36. The first-order valence-electron chi connectivity index (χ1n) is 10.4. The molecule has 0 saturated carbocycles. The molecule has 0 aliphatic carbocycles. The fourth-order valence-corrected chi connectivity index (χ4v) is 4.50. The Hall–Kier alpha value is -3.23. The number of ether oxygens (including phenoxy) is 1. The number of pyridine rings is 1. The highest BCUT2D eigenvalue weighted by Gasteiger charge is 2.25. The number of hydrogen-bond donors (Lipinski definition) is 2. The Bertz CT molecular complexity index is 1190. The van der Waals surface area contributed by atoms with E-state index in [4.69, 9.17) is 9.15 Å². The number of piperazine rings is 1. The minimum atomic E-state index is 0.0843. The summed E-state index contributed by atoms with van der Waals surface area (Å²) in [6.45, 7) is 6.90. The van der Waals surface area contributed by atoms with Gasteiger partial charge in [-0.05, 0) is 38.1 Å². The van der Waals surface area contributed by atoms with E-state index >= 15 is 0 Å². The summed E-state index contributed by atoms with van der Waals surface area (Å²) in [6, 6.07) is 8.25. The van der Waals surface area contributed by atoms with Gasteiger partial charge >= 0.3 is 0 Å². The lowest BCUT2D eigenvalue weighted by Crippen LogP contribution is -2.53. The molecule has 5 rings (SSSR count). The molecule has 31 heavy (non-hydrogen) atoms. The predicted molar refractivity (Wildman–Crippen MR) is 118 cm³/mol. The number of furan rings is 1. The molecule has 2 aliphatic rings. The smallest absolute Gasteiger partial charge is 0.183 e. The number of benzene rings is 1. The Labute approximate surface area is 180 Å². The number of methoxy groups -OCH3 is 1. The Morgan fingerprint density at radius 3 is 2.81 bits per heavy atom. The molecule has 2 atom stereocenters. The number of fused-ring (bicyclic) bond motifs is 2. The van der Waals surface area contributed by atoms with Crippen LogP contribution < -0.4 is 10.1 Å². The third-order valence-corrected chi connectivity index (χ3v) is 5.74. The van der Waals surface area contributed by atoms with Crippen LogP contribution in [0.4, 0.5) is 5.82 Å². The second-order valence-corrected chi connectivity index (χ2v) is 8.20. The van der Waals surface area contributed by atoms with Crippen LogP contribution in [0, 0.1) is 0 Å². The van der Waals surface area contributed by atoms with E-state index in [-0.39, 0.29) is 5.75 Å². The second kappa shape index (κ2) is 7.79. The first-order chi connectivity index (χ1) is 15.0. The Morgan fingerprint density at radius 2 is 2.03 bits per heavy atom. The van der Waals surface area contributed by atoms with Crippen LogP contribution in [-0.4, -0.2) is 47.3 Å². The van der Waals surface area contributed by atoms with E-state index in [0.29, 0.717) is 46.9 Å². The van der Waals surface area contributed by atoms with Crippen molar-refractivity contribution in [2.45, 2.75) is 32.5 Å². The number of rotatable bonds is 4. The average molecular weight is 419 g/mol. The maximum Gasteiger partial charge on any atom is 0.183 e. The van der Waals surface area contributed by atoms with Crippen LogP contribution in [0.2, 0.25) is 0 Å². The Morgan fingerprint density at radius 1 is 1.23 bits per heavy atom. The van der Waals surface area contributed by atoms with Gasteiger partial charge in [0.2, 0.25) is 0 Å². The van der Waals surface area contributed by atoms with Crippen molar-refractivity contribution in [3.05, 3.63) is 47.3 Å². The van der Waals surface area contributed by atoms with Gasteiger partial charge in [-0.1, -0.05) is 0 Å². The molecule has 1 saturated heterocycles. The molecular weight excluding hydrogens is 394 g/mol. The standard InChI is InChI=1S/C23H25N5O3/c1-13-10-28(11-14(2)25-13)12-17-19(30-3)7-6-16-21(29)20(31-22(16)17)9-18-15-5-4-8-24-23(15)27-26-18/h4-9,13-14,25,29H,10-12H2,1-3H3/t13-,14+. The molecule has 2 aliphatic heterocycles. The summed E-state index contributed by atoms with van der Waals surface area (Å²) in [4.78, 5) is 6.59. The summed E-state index contributed by atoms with van der Waals surface area (Å²) in [6.07, 6.45) is 3.38. The fourth-order valence-electron chi connectivity index (χ4n) is 4.50. The minimum absolute atomic E-state index is 0.0843. The van der Waals surface area contributed by atoms with Gasteiger partial charge in [0.15, 0.2) is 17.3 Å².